The summed E-state index contributed by atoms with van der Waals surface area (Å²) in [7, 11) is -3.12. The summed E-state index contributed by atoms with van der Waals surface area (Å²) in [5, 5.41) is 0.545. The predicted octanol–water partition coefficient (Wildman–Crippen LogP) is 1.64. The number of sulfonamides is 1. The highest BCUT2D eigenvalue weighted by Crippen LogP contribution is 2.26. The van der Waals surface area contributed by atoms with Crippen molar-refractivity contribution in [3.63, 3.8) is 0 Å². The Labute approximate surface area is 81.8 Å². The van der Waals surface area contributed by atoms with Gasteiger partial charge in [-0.1, -0.05) is 17.7 Å². The lowest BCUT2D eigenvalue weighted by atomic mass is 10.1. The minimum absolute atomic E-state index is 0.154. The number of aryl methyl sites for hydroxylation is 1. The molecule has 13 heavy (non-hydrogen) atoms. The summed E-state index contributed by atoms with van der Waals surface area (Å²) in [4.78, 5) is 0. The van der Waals surface area contributed by atoms with Crippen molar-refractivity contribution < 1.29 is 8.42 Å². The Morgan fingerprint density at radius 3 is 2.92 bits per heavy atom. The highest BCUT2D eigenvalue weighted by molar-refractivity contribution is 7.92. The fourth-order valence-corrected chi connectivity index (χ4v) is 2.61. The minimum Gasteiger partial charge on any atom is -0.283 e. The van der Waals surface area contributed by atoms with Crippen LogP contribution in [0.2, 0.25) is 5.02 Å². The highest BCUT2D eigenvalue weighted by atomic mass is 35.5. The summed E-state index contributed by atoms with van der Waals surface area (Å²) in [5.74, 6) is 0.154. The molecule has 2 rings (SSSR count). The summed E-state index contributed by atoms with van der Waals surface area (Å²) in [6.07, 6.45) is 0.557. The average Bonchev–Trinajstić information content (AvgIpc) is 2.01. The largest absolute Gasteiger partial charge is 0.283 e. The van der Waals surface area contributed by atoms with Gasteiger partial charge in [0.25, 0.3) is 0 Å². The Morgan fingerprint density at radius 2 is 2.15 bits per heavy atom. The molecule has 0 spiro atoms. The molecule has 1 aliphatic heterocycles. The zero-order valence-electron chi connectivity index (χ0n) is 6.75. The molecule has 1 aliphatic rings. The van der Waals surface area contributed by atoms with Crippen LogP contribution < -0.4 is 4.72 Å². The first-order chi connectivity index (χ1) is 6.07. The van der Waals surface area contributed by atoms with Crippen molar-refractivity contribution in [3.05, 3.63) is 28.8 Å². The minimum atomic E-state index is -3.12. The summed E-state index contributed by atoms with van der Waals surface area (Å²) in [6, 6.07) is 5.24. The SMILES string of the molecule is O=S1(=O)CCc2ccc(Cl)cc2N1. The van der Waals surface area contributed by atoms with Gasteiger partial charge in [-0.25, -0.2) is 8.42 Å². The van der Waals surface area contributed by atoms with Crippen LogP contribution in [0, 0.1) is 0 Å². The van der Waals surface area contributed by atoms with E-state index in [4.69, 9.17) is 11.6 Å². The van der Waals surface area contributed by atoms with Crippen molar-refractivity contribution in [3.8, 4) is 0 Å². The molecule has 0 aromatic heterocycles. The van der Waals surface area contributed by atoms with Crippen molar-refractivity contribution in [2.24, 2.45) is 0 Å². The zero-order valence-corrected chi connectivity index (χ0v) is 8.32. The molecule has 0 saturated heterocycles. The Kier molecular flexibility index (Phi) is 1.96. The number of halogens is 1. The molecular weight excluding hydrogens is 210 g/mol. The van der Waals surface area contributed by atoms with E-state index in [1.165, 1.54) is 0 Å². The van der Waals surface area contributed by atoms with E-state index in [1.54, 1.807) is 12.1 Å². The van der Waals surface area contributed by atoms with Crippen LogP contribution in [0.5, 0.6) is 0 Å². The van der Waals surface area contributed by atoms with Gasteiger partial charge in [-0.05, 0) is 24.1 Å². The molecule has 3 nitrogen and oxygen atoms in total. The van der Waals surface area contributed by atoms with E-state index in [9.17, 15) is 8.42 Å². The fraction of sp³-hybridized carbons (Fsp3) is 0.250. The molecule has 1 N–H and O–H groups in total. The average molecular weight is 218 g/mol. The third-order valence-electron chi connectivity index (χ3n) is 1.98. The van der Waals surface area contributed by atoms with Gasteiger partial charge in [-0.3, -0.25) is 4.72 Å². The van der Waals surface area contributed by atoms with Crippen molar-refractivity contribution in [2.45, 2.75) is 6.42 Å². The first-order valence-corrected chi connectivity index (χ1v) is 5.89. The number of anilines is 1. The predicted molar refractivity (Wildman–Crippen MR) is 52.6 cm³/mol. The number of fused-ring (bicyclic) bond motifs is 1. The molecule has 0 aliphatic carbocycles. The molecule has 1 heterocycles. The molecule has 1 aromatic carbocycles. The second-order valence-corrected chi connectivity index (χ2v) is 5.25. The summed E-state index contributed by atoms with van der Waals surface area (Å²) < 4.78 is 24.8. The van der Waals surface area contributed by atoms with Crippen LogP contribution in [0.1, 0.15) is 5.56 Å². The first kappa shape index (κ1) is 8.84. The molecule has 0 radical (unpaired) electrons. The number of nitrogens with one attached hydrogen (secondary N) is 1. The Balaban J connectivity index is 2.50. The quantitative estimate of drug-likeness (QED) is 0.718. The molecule has 0 atom stereocenters. The van der Waals surface area contributed by atoms with Crippen LogP contribution >= 0.6 is 11.6 Å². The van der Waals surface area contributed by atoms with Crippen molar-refractivity contribution >= 4 is 27.3 Å². The highest BCUT2D eigenvalue weighted by Gasteiger charge is 2.19. The van der Waals surface area contributed by atoms with Crippen LogP contribution in [0.4, 0.5) is 5.69 Å². The van der Waals surface area contributed by atoms with E-state index >= 15 is 0 Å². The van der Waals surface area contributed by atoms with Gasteiger partial charge in [0.15, 0.2) is 0 Å². The Bertz CT molecular complexity index is 441. The van der Waals surface area contributed by atoms with E-state index in [-0.39, 0.29) is 5.75 Å². The van der Waals surface area contributed by atoms with Gasteiger partial charge >= 0.3 is 0 Å². The van der Waals surface area contributed by atoms with Crippen LogP contribution in [-0.2, 0) is 16.4 Å². The molecule has 1 aromatic rings. The first-order valence-electron chi connectivity index (χ1n) is 3.86. The van der Waals surface area contributed by atoms with Crippen LogP contribution in [0.25, 0.3) is 0 Å². The number of rotatable bonds is 0. The van der Waals surface area contributed by atoms with Crippen molar-refractivity contribution in [1.29, 1.82) is 0 Å². The van der Waals surface area contributed by atoms with Gasteiger partial charge in [-0.15, -0.1) is 0 Å². The molecule has 0 bridgehead atoms. The van der Waals surface area contributed by atoms with Crippen molar-refractivity contribution in [1.82, 2.24) is 0 Å². The van der Waals surface area contributed by atoms with Crippen LogP contribution in [-0.4, -0.2) is 14.2 Å². The number of hydrogen-bond acceptors (Lipinski definition) is 2. The lowest BCUT2D eigenvalue weighted by Gasteiger charge is -2.17. The summed E-state index contributed by atoms with van der Waals surface area (Å²) in [6.45, 7) is 0. The lowest BCUT2D eigenvalue weighted by Crippen LogP contribution is -2.23. The van der Waals surface area contributed by atoms with E-state index in [0.717, 1.165) is 5.56 Å². The van der Waals surface area contributed by atoms with Gasteiger partial charge in [0.2, 0.25) is 10.0 Å². The smallest absolute Gasteiger partial charge is 0.233 e. The normalized spacial score (nSPS) is 18.8. The topological polar surface area (TPSA) is 46.2 Å². The third-order valence-corrected chi connectivity index (χ3v) is 3.49. The maximum atomic E-state index is 11.2. The second kappa shape index (κ2) is 2.89. The fourth-order valence-electron chi connectivity index (χ4n) is 1.32. The molecular formula is C8H8ClNO2S. The molecule has 0 fully saturated rings. The van der Waals surface area contributed by atoms with Gasteiger partial charge in [0.1, 0.15) is 0 Å². The Morgan fingerprint density at radius 1 is 1.38 bits per heavy atom. The standard InChI is InChI=1S/C8H8ClNO2S/c9-7-2-1-6-3-4-13(11,12)10-8(6)5-7/h1-2,5,10H,3-4H2. The monoisotopic (exact) mass is 217 g/mol. The molecule has 70 valence electrons. The van der Waals surface area contributed by atoms with E-state index in [1.807, 2.05) is 6.07 Å². The molecule has 0 amide bonds. The maximum absolute atomic E-state index is 11.2. The second-order valence-electron chi connectivity index (χ2n) is 2.97. The van der Waals surface area contributed by atoms with Crippen LogP contribution in [0.15, 0.2) is 18.2 Å². The Hall–Kier alpha value is -0.740. The van der Waals surface area contributed by atoms with Crippen LogP contribution in [0.3, 0.4) is 0 Å². The number of hydrogen-bond donors (Lipinski definition) is 1. The van der Waals surface area contributed by atoms with E-state index in [0.29, 0.717) is 17.1 Å². The zero-order chi connectivity index (χ0) is 9.47. The van der Waals surface area contributed by atoms with Gasteiger partial charge < -0.3 is 0 Å². The molecule has 0 unspecified atom stereocenters. The molecule has 5 heteroatoms. The van der Waals surface area contributed by atoms with Crippen molar-refractivity contribution in [2.75, 3.05) is 10.5 Å². The van der Waals surface area contributed by atoms with E-state index in [2.05, 4.69) is 4.72 Å². The number of benzene rings is 1. The van der Waals surface area contributed by atoms with Gasteiger partial charge in [-0.2, -0.15) is 0 Å². The lowest BCUT2D eigenvalue weighted by molar-refractivity contribution is 0.599. The van der Waals surface area contributed by atoms with Gasteiger partial charge in [0, 0.05) is 5.02 Å². The third kappa shape index (κ3) is 1.78. The maximum Gasteiger partial charge on any atom is 0.233 e. The summed E-state index contributed by atoms with van der Waals surface area (Å²) >= 11 is 5.73. The van der Waals surface area contributed by atoms with E-state index < -0.39 is 10.0 Å². The molecule has 0 saturated carbocycles. The van der Waals surface area contributed by atoms with Gasteiger partial charge in [0.05, 0.1) is 11.4 Å². The summed E-state index contributed by atoms with van der Waals surface area (Å²) in [5.41, 5.74) is 1.61.